The lowest BCUT2D eigenvalue weighted by molar-refractivity contribution is -0.135. The molecule has 1 aliphatic rings. The highest BCUT2D eigenvalue weighted by molar-refractivity contribution is 6.01. The summed E-state index contributed by atoms with van der Waals surface area (Å²) in [5.41, 5.74) is -0.495. The van der Waals surface area contributed by atoms with Gasteiger partial charge in [0.15, 0.2) is 5.76 Å². The normalized spacial score (nSPS) is 25.3. The zero-order chi connectivity index (χ0) is 15.2. The second-order valence-electron chi connectivity index (χ2n) is 4.55. The van der Waals surface area contributed by atoms with Gasteiger partial charge in [-0.05, 0) is 13.1 Å². The molecular weight excluding hydrogens is 264 g/mol. The van der Waals surface area contributed by atoms with E-state index in [-0.39, 0.29) is 12.8 Å². The van der Waals surface area contributed by atoms with Crippen molar-refractivity contribution < 1.29 is 24.9 Å². The standard InChI is InChI=1S/C13H20N2O5/c1-3-4-14-9-5-13(19,8-16)6-10(12(9)20-2)15-7-11(17)18/h3-4,14,16,19H,5-8H2,1-2H3,(H,17,18)/b4-3+,15-10?/t13-/m1/s1. The fourth-order valence-electron chi connectivity index (χ4n) is 1.98. The van der Waals surface area contributed by atoms with E-state index >= 15 is 0 Å². The molecule has 7 nitrogen and oxygen atoms in total. The lowest BCUT2D eigenvalue weighted by atomic mass is 9.85. The van der Waals surface area contributed by atoms with E-state index < -0.39 is 24.7 Å². The second-order valence-corrected chi connectivity index (χ2v) is 4.55. The molecule has 0 unspecified atom stereocenters. The van der Waals surface area contributed by atoms with Gasteiger partial charge in [0.2, 0.25) is 0 Å². The topological polar surface area (TPSA) is 111 Å². The van der Waals surface area contributed by atoms with E-state index in [4.69, 9.17) is 9.84 Å². The number of hydrogen-bond acceptors (Lipinski definition) is 6. The fraction of sp³-hybridized carbons (Fsp3) is 0.538. The number of rotatable bonds is 6. The van der Waals surface area contributed by atoms with Gasteiger partial charge in [-0.3, -0.25) is 9.79 Å². The van der Waals surface area contributed by atoms with Crippen molar-refractivity contribution in [3.8, 4) is 0 Å². The Morgan fingerprint density at radius 1 is 1.55 bits per heavy atom. The Hall–Kier alpha value is -1.86. The molecule has 0 radical (unpaired) electrons. The van der Waals surface area contributed by atoms with Crippen LogP contribution in [0, 0.1) is 0 Å². The molecule has 0 saturated carbocycles. The lowest BCUT2D eigenvalue weighted by Crippen LogP contribution is -2.42. The summed E-state index contributed by atoms with van der Waals surface area (Å²) in [7, 11) is 1.45. The van der Waals surface area contributed by atoms with E-state index in [9.17, 15) is 15.0 Å². The molecule has 0 spiro atoms. The molecule has 0 saturated heterocycles. The summed E-state index contributed by atoms with van der Waals surface area (Å²) in [6, 6.07) is 0. The summed E-state index contributed by atoms with van der Waals surface area (Å²) in [5.74, 6) is -0.670. The van der Waals surface area contributed by atoms with Crippen molar-refractivity contribution in [2.45, 2.75) is 25.4 Å². The van der Waals surface area contributed by atoms with Crippen molar-refractivity contribution in [2.75, 3.05) is 20.3 Å². The smallest absolute Gasteiger partial charge is 0.325 e. The van der Waals surface area contributed by atoms with Crippen molar-refractivity contribution >= 4 is 11.7 Å². The van der Waals surface area contributed by atoms with Gasteiger partial charge >= 0.3 is 5.97 Å². The zero-order valence-corrected chi connectivity index (χ0v) is 11.6. The van der Waals surface area contributed by atoms with Crippen LogP contribution in [0.1, 0.15) is 19.8 Å². The van der Waals surface area contributed by atoms with E-state index in [1.165, 1.54) is 7.11 Å². The molecule has 1 atom stereocenters. The molecular formula is C13H20N2O5. The van der Waals surface area contributed by atoms with Gasteiger partial charge in [-0.15, -0.1) is 0 Å². The van der Waals surface area contributed by atoms with Crippen molar-refractivity contribution in [1.82, 2.24) is 5.32 Å². The van der Waals surface area contributed by atoms with E-state index in [0.29, 0.717) is 17.2 Å². The molecule has 4 N–H and O–H groups in total. The quantitative estimate of drug-likeness (QED) is 0.547. The highest BCUT2D eigenvalue weighted by Gasteiger charge is 2.37. The molecule has 1 rings (SSSR count). The molecule has 0 aliphatic heterocycles. The van der Waals surface area contributed by atoms with E-state index in [1.807, 2.05) is 6.92 Å². The number of nitrogens with zero attached hydrogens (tertiary/aromatic N) is 1. The largest absolute Gasteiger partial charge is 0.493 e. The minimum atomic E-state index is -1.37. The van der Waals surface area contributed by atoms with Crippen LogP contribution in [0.2, 0.25) is 0 Å². The molecule has 0 heterocycles. The Kier molecular flexibility index (Phi) is 5.72. The summed E-state index contributed by atoms with van der Waals surface area (Å²) < 4.78 is 5.25. The SMILES string of the molecule is C/C=C/NC1=C(OC)C(=NCC(=O)O)C[C@@](O)(CO)C1. The van der Waals surface area contributed by atoms with Gasteiger partial charge in [0, 0.05) is 12.8 Å². The Morgan fingerprint density at radius 3 is 2.75 bits per heavy atom. The number of aliphatic carboxylic acids is 1. The fourth-order valence-corrected chi connectivity index (χ4v) is 1.98. The van der Waals surface area contributed by atoms with Gasteiger partial charge < -0.3 is 25.4 Å². The average molecular weight is 284 g/mol. The van der Waals surface area contributed by atoms with Gasteiger partial charge in [0.05, 0.1) is 30.7 Å². The number of nitrogens with one attached hydrogen (secondary N) is 1. The monoisotopic (exact) mass is 284 g/mol. The minimum Gasteiger partial charge on any atom is -0.493 e. The predicted molar refractivity (Wildman–Crippen MR) is 73.2 cm³/mol. The van der Waals surface area contributed by atoms with Crippen LogP contribution >= 0.6 is 0 Å². The van der Waals surface area contributed by atoms with Gasteiger partial charge in [-0.1, -0.05) is 6.08 Å². The first-order chi connectivity index (χ1) is 9.45. The number of hydrogen-bond donors (Lipinski definition) is 4. The summed E-state index contributed by atoms with van der Waals surface area (Å²) in [6.45, 7) is 0.957. The van der Waals surface area contributed by atoms with Crippen LogP contribution in [-0.4, -0.2) is 52.9 Å². The van der Waals surface area contributed by atoms with Crippen molar-refractivity contribution in [3.63, 3.8) is 0 Å². The number of ether oxygens (including phenoxy) is 1. The Labute approximate surface area is 117 Å². The third-order valence-electron chi connectivity index (χ3n) is 2.87. The molecule has 7 heteroatoms. The first-order valence-corrected chi connectivity index (χ1v) is 6.19. The zero-order valence-electron chi connectivity index (χ0n) is 11.6. The summed E-state index contributed by atoms with van der Waals surface area (Å²) in [5, 5.41) is 31.2. The second kappa shape index (κ2) is 7.06. The van der Waals surface area contributed by atoms with Crippen LogP contribution in [0.25, 0.3) is 0 Å². The van der Waals surface area contributed by atoms with Crippen molar-refractivity contribution in [3.05, 3.63) is 23.7 Å². The molecule has 0 bridgehead atoms. The van der Waals surface area contributed by atoms with Gasteiger partial charge in [0.1, 0.15) is 6.54 Å². The number of aliphatic hydroxyl groups is 2. The maximum atomic E-state index is 10.6. The Bertz CT molecular complexity index is 456. The molecule has 112 valence electrons. The van der Waals surface area contributed by atoms with Crippen LogP contribution in [0.4, 0.5) is 0 Å². The molecule has 0 amide bonds. The average Bonchev–Trinajstić information content (AvgIpc) is 2.42. The van der Waals surface area contributed by atoms with Crippen molar-refractivity contribution in [1.29, 1.82) is 0 Å². The highest BCUT2D eigenvalue weighted by atomic mass is 16.5. The molecule has 20 heavy (non-hydrogen) atoms. The lowest BCUT2D eigenvalue weighted by Gasteiger charge is -2.33. The summed E-state index contributed by atoms with van der Waals surface area (Å²) in [6.07, 6.45) is 3.64. The van der Waals surface area contributed by atoms with Crippen LogP contribution < -0.4 is 5.32 Å². The van der Waals surface area contributed by atoms with E-state index in [0.717, 1.165) is 0 Å². The number of carboxylic acids is 1. The predicted octanol–water partition coefficient (Wildman–Crippen LogP) is 0.0104. The number of carboxylic acid groups (broad SMARTS) is 1. The van der Waals surface area contributed by atoms with E-state index in [1.54, 1.807) is 12.3 Å². The maximum Gasteiger partial charge on any atom is 0.325 e. The Morgan fingerprint density at radius 2 is 2.25 bits per heavy atom. The van der Waals surface area contributed by atoms with Gasteiger partial charge in [-0.25, -0.2) is 0 Å². The Balaban J connectivity index is 3.16. The van der Waals surface area contributed by atoms with Crippen molar-refractivity contribution in [2.24, 2.45) is 4.99 Å². The number of aliphatic imine (C=N–C) groups is 1. The number of methoxy groups -OCH3 is 1. The third-order valence-corrected chi connectivity index (χ3v) is 2.87. The van der Waals surface area contributed by atoms with Gasteiger partial charge in [-0.2, -0.15) is 0 Å². The number of aliphatic hydroxyl groups excluding tert-OH is 1. The first kappa shape index (κ1) is 16.2. The molecule has 0 aromatic heterocycles. The summed E-state index contributed by atoms with van der Waals surface area (Å²) in [4.78, 5) is 14.6. The van der Waals surface area contributed by atoms with Crippen LogP contribution in [0.5, 0.6) is 0 Å². The summed E-state index contributed by atoms with van der Waals surface area (Å²) >= 11 is 0. The molecule has 1 aliphatic carbocycles. The van der Waals surface area contributed by atoms with E-state index in [2.05, 4.69) is 10.3 Å². The molecule has 0 aromatic rings. The number of allylic oxidation sites excluding steroid dienone is 2. The van der Waals surface area contributed by atoms with Gasteiger partial charge in [0.25, 0.3) is 0 Å². The minimum absolute atomic E-state index is 0.0426. The van der Waals surface area contributed by atoms with Crippen LogP contribution in [-0.2, 0) is 9.53 Å². The maximum absolute atomic E-state index is 10.6. The van der Waals surface area contributed by atoms with Crippen LogP contribution in [0.3, 0.4) is 0 Å². The molecule has 0 fully saturated rings. The number of carbonyl (C=O) groups is 1. The van der Waals surface area contributed by atoms with Crippen LogP contribution in [0.15, 0.2) is 28.7 Å². The third kappa shape index (κ3) is 4.07. The molecule has 0 aromatic carbocycles. The first-order valence-electron chi connectivity index (χ1n) is 6.19. The highest BCUT2D eigenvalue weighted by Crippen LogP contribution is 2.30.